The van der Waals surface area contributed by atoms with Crippen molar-refractivity contribution in [3.05, 3.63) is 162 Å². The Hall–Kier alpha value is -5.91. The number of fused-ring (bicyclic) bond motifs is 6. The molecule has 0 atom stereocenters. The van der Waals surface area contributed by atoms with Gasteiger partial charge in [-0.25, -0.2) is 0 Å². The van der Waals surface area contributed by atoms with E-state index < -0.39 is 0 Å². The molecule has 0 aliphatic heterocycles. The summed E-state index contributed by atoms with van der Waals surface area (Å²) in [5.41, 5.74) is 16.4. The summed E-state index contributed by atoms with van der Waals surface area (Å²) in [6.07, 6.45) is 0. The molecule has 0 amide bonds. The third kappa shape index (κ3) is 3.69. The van der Waals surface area contributed by atoms with Gasteiger partial charge in [0.1, 0.15) is 0 Å². The lowest BCUT2D eigenvalue weighted by atomic mass is 9.82. The molecule has 216 valence electrons. The molecule has 2 aliphatic carbocycles. The first-order chi connectivity index (χ1) is 22.5. The number of rotatable bonds is 4. The van der Waals surface area contributed by atoms with Crippen molar-refractivity contribution in [3.8, 4) is 50.6 Å². The second-order valence-corrected chi connectivity index (χ2v) is 12.9. The summed E-state index contributed by atoms with van der Waals surface area (Å²) < 4.78 is 0. The molecular weight excluding hydrogens is 556 g/mol. The Labute approximate surface area is 269 Å². The lowest BCUT2D eigenvalue weighted by Gasteiger charge is -2.29. The van der Waals surface area contributed by atoms with Gasteiger partial charge in [-0.1, -0.05) is 123 Å². The van der Waals surface area contributed by atoms with Gasteiger partial charge in [0, 0.05) is 22.4 Å². The van der Waals surface area contributed by atoms with Crippen LogP contribution in [0, 0.1) is 11.3 Å². The van der Waals surface area contributed by atoms with E-state index in [1.165, 1.54) is 60.8 Å². The standard InChI is InChI=1S/C44H30N2/c1-44(2)39-20-6-5-17-38(39)43-40(44)21-10-22-41(43)46(30-13-7-11-28(25-30)27-45)31-14-8-12-29(26-31)32-23-24-37-34-16-4-3-15-33(34)36-19-9-18-35(32)42(36)37/h3-26H,1-2H3. The van der Waals surface area contributed by atoms with E-state index in [-0.39, 0.29) is 5.41 Å². The van der Waals surface area contributed by atoms with Crippen molar-refractivity contribution in [1.29, 1.82) is 5.26 Å². The fraction of sp³-hybridized carbons (Fsp3) is 0.0682. The predicted molar refractivity (Wildman–Crippen MR) is 191 cm³/mol. The maximum Gasteiger partial charge on any atom is 0.0992 e. The van der Waals surface area contributed by atoms with Crippen molar-refractivity contribution >= 4 is 27.8 Å². The highest BCUT2D eigenvalue weighted by Gasteiger charge is 2.37. The number of nitriles is 1. The Bertz CT molecular complexity index is 2390. The van der Waals surface area contributed by atoms with Gasteiger partial charge in [0.15, 0.2) is 0 Å². The second kappa shape index (κ2) is 9.80. The van der Waals surface area contributed by atoms with E-state index in [0.29, 0.717) is 5.56 Å². The van der Waals surface area contributed by atoms with Crippen LogP contribution in [0.1, 0.15) is 30.5 Å². The molecule has 0 bridgehead atoms. The van der Waals surface area contributed by atoms with Gasteiger partial charge in [0.2, 0.25) is 0 Å². The van der Waals surface area contributed by atoms with Crippen LogP contribution in [-0.2, 0) is 5.41 Å². The normalized spacial score (nSPS) is 13.2. The number of benzene rings is 7. The lowest BCUT2D eigenvalue weighted by Crippen LogP contribution is -2.16. The van der Waals surface area contributed by atoms with Gasteiger partial charge in [-0.05, 0) is 97.2 Å². The predicted octanol–water partition coefficient (Wildman–Crippen LogP) is 11.8. The van der Waals surface area contributed by atoms with Crippen LogP contribution in [-0.4, -0.2) is 0 Å². The summed E-state index contributed by atoms with van der Waals surface area (Å²) in [5, 5.41) is 12.5. The lowest BCUT2D eigenvalue weighted by molar-refractivity contribution is 0.660. The van der Waals surface area contributed by atoms with Crippen LogP contribution in [0.25, 0.3) is 55.3 Å². The van der Waals surface area contributed by atoms with Crippen LogP contribution >= 0.6 is 0 Å². The number of nitrogens with zero attached hydrogens (tertiary/aromatic N) is 2. The molecule has 0 fully saturated rings. The van der Waals surface area contributed by atoms with Gasteiger partial charge in [0.05, 0.1) is 17.3 Å². The molecule has 0 unspecified atom stereocenters. The van der Waals surface area contributed by atoms with E-state index in [0.717, 1.165) is 22.6 Å². The summed E-state index contributed by atoms with van der Waals surface area (Å²) in [6.45, 7) is 4.63. The molecule has 46 heavy (non-hydrogen) atoms. The van der Waals surface area contributed by atoms with Crippen molar-refractivity contribution in [2.24, 2.45) is 0 Å². The van der Waals surface area contributed by atoms with Crippen LogP contribution < -0.4 is 4.90 Å². The van der Waals surface area contributed by atoms with E-state index in [1.54, 1.807) is 0 Å². The molecule has 0 radical (unpaired) electrons. The van der Waals surface area contributed by atoms with Crippen molar-refractivity contribution < 1.29 is 0 Å². The van der Waals surface area contributed by atoms with Gasteiger partial charge < -0.3 is 4.90 Å². The van der Waals surface area contributed by atoms with Crippen LogP contribution in [0.4, 0.5) is 17.1 Å². The smallest absolute Gasteiger partial charge is 0.0992 e. The van der Waals surface area contributed by atoms with E-state index >= 15 is 0 Å². The van der Waals surface area contributed by atoms with E-state index in [9.17, 15) is 5.26 Å². The maximum atomic E-state index is 9.88. The summed E-state index contributed by atoms with van der Waals surface area (Å²) in [4.78, 5) is 2.33. The first-order valence-corrected chi connectivity index (χ1v) is 15.8. The summed E-state index contributed by atoms with van der Waals surface area (Å²) in [5.74, 6) is 0. The summed E-state index contributed by atoms with van der Waals surface area (Å²) in [7, 11) is 0. The summed E-state index contributed by atoms with van der Waals surface area (Å²) in [6, 6.07) is 54.6. The zero-order valence-corrected chi connectivity index (χ0v) is 25.8. The second-order valence-electron chi connectivity index (χ2n) is 12.9. The molecule has 0 N–H and O–H groups in total. The molecule has 0 spiro atoms. The van der Waals surface area contributed by atoms with E-state index in [4.69, 9.17) is 0 Å². The molecule has 2 heteroatoms. The Balaban J connectivity index is 1.27. The van der Waals surface area contributed by atoms with Crippen molar-refractivity contribution in [2.75, 3.05) is 4.90 Å². The highest BCUT2D eigenvalue weighted by Crippen LogP contribution is 2.54. The number of hydrogen-bond acceptors (Lipinski definition) is 2. The molecular formula is C44H30N2. The van der Waals surface area contributed by atoms with Gasteiger partial charge in [0.25, 0.3) is 0 Å². The molecule has 2 nitrogen and oxygen atoms in total. The Kier molecular flexibility index (Phi) is 5.64. The Morgan fingerprint density at radius 3 is 1.93 bits per heavy atom. The van der Waals surface area contributed by atoms with E-state index in [1.807, 2.05) is 18.2 Å². The average molecular weight is 587 g/mol. The van der Waals surface area contributed by atoms with Crippen molar-refractivity contribution in [1.82, 2.24) is 0 Å². The average Bonchev–Trinajstić information content (AvgIpc) is 3.55. The first-order valence-electron chi connectivity index (χ1n) is 15.8. The van der Waals surface area contributed by atoms with Crippen LogP contribution in [0.2, 0.25) is 0 Å². The molecule has 0 heterocycles. The largest absolute Gasteiger partial charge is 0.310 e. The number of anilines is 3. The SMILES string of the molecule is CC1(C)c2ccccc2-c2c(N(c3cccc(C#N)c3)c3cccc(-c4ccc5c6c(cccc46)-c4ccccc4-5)c3)cccc21. The fourth-order valence-corrected chi connectivity index (χ4v) is 7.94. The van der Waals surface area contributed by atoms with Crippen molar-refractivity contribution in [3.63, 3.8) is 0 Å². The maximum absolute atomic E-state index is 9.88. The molecule has 7 aromatic rings. The minimum absolute atomic E-state index is 0.119. The fourth-order valence-electron chi connectivity index (χ4n) is 7.94. The zero-order valence-electron chi connectivity index (χ0n) is 25.8. The topological polar surface area (TPSA) is 27.0 Å². The summed E-state index contributed by atoms with van der Waals surface area (Å²) >= 11 is 0. The van der Waals surface area contributed by atoms with Crippen LogP contribution in [0.5, 0.6) is 0 Å². The van der Waals surface area contributed by atoms with Gasteiger partial charge >= 0.3 is 0 Å². The molecule has 0 saturated heterocycles. The third-order valence-electron chi connectivity index (χ3n) is 10.0. The minimum Gasteiger partial charge on any atom is -0.310 e. The van der Waals surface area contributed by atoms with Crippen molar-refractivity contribution in [2.45, 2.75) is 19.3 Å². The van der Waals surface area contributed by atoms with Crippen LogP contribution in [0.15, 0.2) is 146 Å². The molecule has 0 aromatic heterocycles. The Morgan fingerprint density at radius 2 is 1.13 bits per heavy atom. The molecule has 7 aromatic carbocycles. The number of hydrogen-bond donors (Lipinski definition) is 0. The van der Waals surface area contributed by atoms with Gasteiger partial charge in [-0.15, -0.1) is 0 Å². The van der Waals surface area contributed by atoms with E-state index in [2.05, 4.69) is 152 Å². The quantitative estimate of drug-likeness (QED) is 0.205. The molecule has 9 rings (SSSR count). The van der Waals surface area contributed by atoms with Gasteiger partial charge in [-0.2, -0.15) is 5.26 Å². The Morgan fingerprint density at radius 1 is 0.522 bits per heavy atom. The highest BCUT2D eigenvalue weighted by atomic mass is 15.1. The third-order valence-corrected chi connectivity index (χ3v) is 10.0. The molecule has 0 saturated carbocycles. The zero-order chi connectivity index (χ0) is 31.0. The minimum atomic E-state index is -0.119. The van der Waals surface area contributed by atoms with Crippen LogP contribution in [0.3, 0.4) is 0 Å². The first kappa shape index (κ1) is 26.5. The van der Waals surface area contributed by atoms with Gasteiger partial charge in [-0.3, -0.25) is 0 Å². The highest BCUT2D eigenvalue weighted by molar-refractivity contribution is 6.18. The molecule has 2 aliphatic rings. The monoisotopic (exact) mass is 586 g/mol.